The summed E-state index contributed by atoms with van der Waals surface area (Å²) < 4.78 is 0. The van der Waals surface area contributed by atoms with Crippen LogP contribution in [0, 0.1) is 5.92 Å². The number of hydrogen-bond acceptors (Lipinski definition) is 1. The summed E-state index contributed by atoms with van der Waals surface area (Å²) in [7, 11) is 0. The van der Waals surface area contributed by atoms with E-state index in [1.54, 1.807) is 0 Å². The van der Waals surface area contributed by atoms with Crippen LogP contribution < -0.4 is 5.32 Å². The second kappa shape index (κ2) is 5.79. The first-order chi connectivity index (χ1) is 7.47. The lowest BCUT2D eigenvalue weighted by molar-refractivity contribution is 0.410. The topological polar surface area (TPSA) is 12.0 Å². The van der Waals surface area contributed by atoms with Crippen LogP contribution in [0.5, 0.6) is 0 Å². The Kier molecular flexibility index (Phi) is 4.07. The predicted octanol–water partition coefficient (Wildman–Crippen LogP) is 3.90. The van der Waals surface area contributed by atoms with Crippen molar-refractivity contribution in [2.24, 2.45) is 5.92 Å². The maximum Gasteiger partial charge on any atom is 0.0178 e. The van der Waals surface area contributed by atoms with Gasteiger partial charge in [-0.3, -0.25) is 0 Å². The second-order valence-electron chi connectivity index (χ2n) is 4.55. The average Bonchev–Trinajstić information content (AvgIpc) is 2.45. The lowest BCUT2D eigenvalue weighted by Crippen LogP contribution is -2.16. The zero-order valence-corrected chi connectivity index (χ0v) is 9.41. The van der Waals surface area contributed by atoms with E-state index < -0.39 is 0 Å². The highest BCUT2D eigenvalue weighted by molar-refractivity contribution is 5.22. The standard InChI is InChI=1S/C14H21N/c1-2-5-9-13(10-6-3-1)14-11-7-4-8-12-15-14/h4,7-8,11-13,15H,1-3,5-6,9-10H2. The Morgan fingerprint density at radius 3 is 2.40 bits per heavy atom. The van der Waals surface area contributed by atoms with Crippen LogP contribution >= 0.6 is 0 Å². The van der Waals surface area contributed by atoms with Crippen molar-refractivity contribution < 1.29 is 0 Å². The van der Waals surface area contributed by atoms with Gasteiger partial charge in [-0.15, -0.1) is 0 Å². The monoisotopic (exact) mass is 203 g/mol. The van der Waals surface area contributed by atoms with Crippen LogP contribution in [0.3, 0.4) is 0 Å². The lowest BCUT2D eigenvalue weighted by Gasteiger charge is -2.22. The van der Waals surface area contributed by atoms with Crippen molar-refractivity contribution in [3.05, 3.63) is 36.2 Å². The lowest BCUT2D eigenvalue weighted by atomic mass is 9.88. The second-order valence-corrected chi connectivity index (χ2v) is 4.55. The van der Waals surface area contributed by atoms with Crippen LogP contribution in [0.15, 0.2) is 36.2 Å². The van der Waals surface area contributed by atoms with Gasteiger partial charge in [0.15, 0.2) is 0 Å². The molecule has 2 rings (SSSR count). The van der Waals surface area contributed by atoms with Gasteiger partial charge in [-0.05, 0) is 30.9 Å². The van der Waals surface area contributed by atoms with E-state index in [4.69, 9.17) is 0 Å². The molecule has 0 aromatic carbocycles. The molecule has 0 saturated heterocycles. The first-order valence-electron chi connectivity index (χ1n) is 6.27. The van der Waals surface area contributed by atoms with Gasteiger partial charge in [-0.2, -0.15) is 0 Å². The van der Waals surface area contributed by atoms with Crippen molar-refractivity contribution >= 4 is 0 Å². The molecular weight excluding hydrogens is 182 g/mol. The molecule has 0 aromatic rings. The molecule has 0 unspecified atom stereocenters. The summed E-state index contributed by atoms with van der Waals surface area (Å²) in [5.41, 5.74) is 1.42. The minimum absolute atomic E-state index is 0.762. The summed E-state index contributed by atoms with van der Waals surface area (Å²) >= 11 is 0. The fourth-order valence-corrected chi connectivity index (χ4v) is 2.49. The molecule has 0 radical (unpaired) electrons. The van der Waals surface area contributed by atoms with Crippen LogP contribution in [0.4, 0.5) is 0 Å². The molecule has 0 atom stereocenters. The summed E-state index contributed by atoms with van der Waals surface area (Å²) in [4.78, 5) is 0. The summed E-state index contributed by atoms with van der Waals surface area (Å²) in [5, 5.41) is 3.42. The highest BCUT2D eigenvalue weighted by atomic mass is 14.9. The Labute approximate surface area is 93.0 Å². The van der Waals surface area contributed by atoms with Gasteiger partial charge in [0, 0.05) is 11.9 Å². The number of nitrogens with one attached hydrogen (secondary N) is 1. The molecular formula is C14H21N. The number of rotatable bonds is 1. The van der Waals surface area contributed by atoms with Crippen molar-refractivity contribution in [3.8, 4) is 0 Å². The van der Waals surface area contributed by atoms with Crippen LogP contribution in [0.2, 0.25) is 0 Å². The Hall–Kier alpha value is -0.980. The maximum atomic E-state index is 3.42. The smallest absolute Gasteiger partial charge is 0.0178 e. The zero-order valence-electron chi connectivity index (χ0n) is 9.41. The van der Waals surface area contributed by atoms with E-state index >= 15 is 0 Å². The molecule has 0 bridgehead atoms. The van der Waals surface area contributed by atoms with Crippen molar-refractivity contribution in [1.82, 2.24) is 5.32 Å². The van der Waals surface area contributed by atoms with Crippen LogP contribution in [-0.4, -0.2) is 0 Å². The molecule has 1 heterocycles. The van der Waals surface area contributed by atoms with Gasteiger partial charge in [0.2, 0.25) is 0 Å². The van der Waals surface area contributed by atoms with Gasteiger partial charge in [0.1, 0.15) is 0 Å². The van der Waals surface area contributed by atoms with Crippen molar-refractivity contribution in [2.45, 2.75) is 44.9 Å². The van der Waals surface area contributed by atoms with Gasteiger partial charge >= 0.3 is 0 Å². The quantitative estimate of drug-likeness (QED) is 0.681. The summed E-state index contributed by atoms with van der Waals surface area (Å²) in [6.07, 6.45) is 20.4. The summed E-state index contributed by atoms with van der Waals surface area (Å²) in [5.74, 6) is 0.762. The van der Waals surface area contributed by atoms with Crippen molar-refractivity contribution in [3.63, 3.8) is 0 Å². The van der Waals surface area contributed by atoms with Crippen LogP contribution in [0.25, 0.3) is 0 Å². The zero-order chi connectivity index (χ0) is 10.3. The molecule has 2 aliphatic rings. The Morgan fingerprint density at radius 2 is 1.60 bits per heavy atom. The molecule has 1 fully saturated rings. The number of allylic oxidation sites excluding steroid dienone is 5. The normalized spacial score (nSPS) is 23.6. The summed E-state index contributed by atoms with van der Waals surface area (Å²) in [6.45, 7) is 0. The van der Waals surface area contributed by atoms with Crippen molar-refractivity contribution in [2.75, 3.05) is 0 Å². The summed E-state index contributed by atoms with van der Waals surface area (Å²) in [6, 6.07) is 0. The predicted molar refractivity (Wildman–Crippen MR) is 65.3 cm³/mol. The molecule has 0 spiro atoms. The highest BCUT2D eigenvalue weighted by Crippen LogP contribution is 2.27. The van der Waals surface area contributed by atoms with E-state index in [1.165, 1.54) is 50.6 Å². The van der Waals surface area contributed by atoms with E-state index in [9.17, 15) is 0 Å². The molecule has 1 aliphatic carbocycles. The number of hydrogen-bond donors (Lipinski definition) is 1. The minimum atomic E-state index is 0.762. The fraction of sp³-hybridized carbons (Fsp3) is 0.571. The van der Waals surface area contributed by atoms with Gasteiger partial charge in [-0.25, -0.2) is 0 Å². The molecule has 1 heteroatoms. The van der Waals surface area contributed by atoms with E-state index in [-0.39, 0.29) is 0 Å². The Balaban J connectivity index is 1.97. The van der Waals surface area contributed by atoms with Gasteiger partial charge < -0.3 is 5.32 Å². The Morgan fingerprint density at radius 1 is 0.867 bits per heavy atom. The van der Waals surface area contributed by atoms with E-state index in [0.717, 1.165) is 5.92 Å². The largest absolute Gasteiger partial charge is 0.365 e. The molecule has 1 N–H and O–H groups in total. The highest BCUT2D eigenvalue weighted by Gasteiger charge is 2.14. The third-order valence-electron chi connectivity index (χ3n) is 3.39. The molecule has 1 saturated carbocycles. The third kappa shape index (κ3) is 3.26. The molecule has 15 heavy (non-hydrogen) atoms. The minimum Gasteiger partial charge on any atom is -0.365 e. The molecule has 1 nitrogen and oxygen atoms in total. The van der Waals surface area contributed by atoms with Crippen LogP contribution in [0.1, 0.15) is 44.9 Å². The first-order valence-corrected chi connectivity index (χ1v) is 6.27. The molecule has 82 valence electrons. The molecule has 0 amide bonds. The van der Waals surface area contributed by atoms with Gasteiger partial charge in [-0.1, -0.05) is 44.3 Å². The molecule has 0 aromatic heterocycles. The van der Waals surface area contributed by atoms with E-state index in [2.05, 4.69) is 29.6 Å². The SMILES string of the molecule is C1=CC=C(C2CCCCCCC2)NC=C1. The Bertz CT molecular complexity index is 265. The van der Waals surface area contributed by atoms with Crippen molar-refractivity contribution in [1.29, 1.82) is 0 Å². The average molecular weight is 203 g/mol. The van der Waals surface area contributed by atoms with E-state index in [0.29, 0.717) is 0 Å². The maximum absolute atomic E-state index is 3.42. The molecule has 1 aliphatic heterocycles. The fourth-order valence-electron chi connectivity index (χ4n) is 2.49. The van der Waals surface area contributed by atoms with Gasteiger partial charge in [0.25, 0.3) is 0 Å². The van der Waals surface area contributed by atoms with E-state index in [1.807, 2.05) is 6.20 Å². The first kappa shape index (κ1) is 10.5. The van der Waals surface area contributed by atoms with Gasteiger partial charge in [0.05, 0.1) is 0 Å². The van der Waals surface area contributed by atoms with Crippen LogP contribution in [-0.2, 0) is 0 Å². The third-order valence-corrected chi connectivity index (χ3v) is 3.39.